The summed E-state index contributed by atoms with van der Waals surface area (Å²) in [6, 6.07) is 13.8. The van der Waals surface area contributed by atoms with Gasteiger partial charge in [-0.3, -0.25) is 0 Å². The van der Waals surface area contributed by atoms with Gasteiger partial charge < -0.3 is 5.32 Å². The van der Waals surface area contributed by atoms with E-state index in [0.717, 1.165) is 6.42 Å². The van der Waals surface area contributed by atoms with E-state index in [2.05, 4.69) is 59.9 Å². The Kier molecular flexibility index (Phi) is 3.44. The first-order valence-electron chi connectivity index (χ1n) is 10.5. The number of hydrogen-bond acceptors (Lipinski definition) is 1. The molecule has 2 heterocycles. The van der Waals surface area contributed by atoms with Crippen molar-refractivity contribution in [3.05, 3.63) is 93.8 Å². The first kappa shape index (κ1) is 15.5. The molecule has 7 rings (SSSR count). The van der Waals surface area contributed by atoms with Gasteiger partial charge in [-0.2, -0.15) is 0 Å². The molecule has 2 aromatic carbocycles. The fraction of sp³-hybridized carbons (Fsp3) is 0.308. The van der Waals surface area contributed by atoms with Crippen LogP contribution in [0.15, 0.2) is 71.6 Å². The molecule has 2 aromatic rings. The zero-order chi connectivity index (χ0) is 17.8. The van der Waals surface area contributed by atoms with Crippen LogP contribution in [0.2, 0.25) is 0 Å². The van der Waals surface area contributed by atoms with Gasteiger partial charge >= 0.3 is 0 Å². The van der Waals surface area contributed by atoms with Gasteiger partial charge in [0.1, 0.15) is 0 Å². The van der Waals surface area contributed by atoms with Crippen molar-refractivity contribution in [1.82, 2.24) is 5.32 Å². The lowest BCUT2D eigenvalue weighted by atomic mass is 9.74. The molecule has 1 unspecified atom stereocenters. The van der Waals surface area contributed by atoms with Crippen LogP contribution in [0, 0.1) is 0 Å². The molecule has 1 nitrogen and oxygen atoms in total. The van der Waals surface area contributed by atoms with Gasteiger partial charge in [-0.25, -0.2) is 0 Å². The van der Waals surface area contributed by atoms with Gasteiger partial charge in [0.25, 0.3) is 0 Å². The van der Waals surface area contributed by atoms with Crippen molar-refractivity contribution in [3.8, 4) is 11.1 Å². The number of benzene rings is 2. The topological polar surface area (TPSA) is 12.0 Å². The van der Waals surface area contributed by atoms with E-state index in [0.29, 0.717) is 5.92 Å². The van der Waals surface area contributed by atoms with E-state index in [4.69, 9.17) is 0 Å². The highest BCUT2D eigenvalue weighted by molar-refractivity contribution is 5.75. The molecule has 3 aliphatic carbocycles. The van der Waals surface area contributed by atoms with E-state index in [1.54, 1.807) is 16.7 Å². The molecule has 0 fully saturated rings. The van der Waals surface area contributed by atoms with Crippen LogP contribution >= 0.6 is 0 Å². The Morgan fingerprint density at radius 1 is 0.778 bits per heavy atom. The van der Waals surface area contributed by atoms with Crippen LogP contribution in [0.5, 0.6) is 0 Å². The Morgan fingerprint density at radius 3 is 2.67 bits per heavy atom. The fourth-order valence-corrected chi connectivity index (χ4v) is 5.58. The van der Waals surface area contributed by atoms with Gasteiger partial charge in [-0.15, -0.1) is 0 Å². The summed E-state index contributed by atoms with van der Waals surface area (Å²) >= 11 is 0. The lowest BCUT2D eigenvalue weighted by molar-refractivity contribution is 0.580. The van der Waals surface area contributed by atoms with Crippen molar-refractivity contribution in [2.45, 2.75) is 50.9 Å². The highest BCUT2D eigenvalue weighted by Crippen LogP contribution is 2.44. The minimum atomic E-state index is 0.527. The van der Waals surface area contributed by atoms with Gasteiger partial charge in [-0.1, -0.05) is 42.5 Å². The van der Waals surface area contributed by atoms with Crippen molar-refractivity contribution in [2.75, 3.05) is 0 Å². The molecule has 2 aliphatic heterocycles. The van der Waals surface area contributed by atoms with Crippen molar-refractivity contribution < 1.29 is 0 Å². The number of allylic oxidation sites excluding steroid dienone is 6. The van der Waals surface area contributed by atoms with Gasteiger partial charge in [0.2, 0.25) is 0 Å². The molecule has 27 heavy (non-hydrogen) atoms. The molecule has 1 atom stereocenters. The molecule has 134 valence electrons. The predicted molar refractivity (Wildman–Crippen MR) is 112 cm³/mol. The normalized spacial score (nSPS) is 22.4. The quantitative estimate of drug-likeness (QED) is 0.668. The molecule has 5 aliphatic rings. The van der Waals surface area contributed by atoms with E-state index in [9.17, 15) is 0 Å². The summed E-state index contributed by atoms with van der Waals surface area (Å²) < 4.78 is 0. The minimum Gasteiger partial charge on any atom is -0.362 e. The van der Waals surface area contributed by atoms with Gasteiger partial charge in [0, 0.05) is 17.3 Å². The predicted octanol–water partition coefficient (Wildman–Crippen LogP) is 5.96. The van der Waals surface area contributed by atoms with E-state index in [-0.39, 0.29) is 0 Å². The molecular weight excluding hydrogens is 326 g/mol. The number of fused-ring (bicyclic) bond motifs is 8. The fourth-order valence-electron chi connectivity index (χ4n) is 5.58. The minimum absolute atomic E-state index is 0.527. The van der Waals surface area contributed by atoms with Crippen LogP contribution < -0.4 is 5.32 Å². The molecule has 0 spiro atoms. The Bertz CT molecular complexity index is 1030. The summed E-state index contributed by atoms with van der Waals surface area (Å²) in [6.07, 6.45) is 15.5. The Balaban J connectivity index is 1.46. The largest absolute Gasteiger partial charge is 0.362 e. The Hall–Kier alpha value is -2.54. The molecule has 0 radical (unpaired) electrons. The number of rotatable bonds is 1. The van der Waals surface area contributed by atoms with E-state index < -0.39 is 0 Å². The lowest BCUT2D eigenvalue weighted by Gasteiger charge is -2.32. The van der Waals surface area contributed by atoms with Gasteiger partial charge in [0.15, 0.2) is 0 Å². The van der Waals surface area contributed by atoms with Crippen molar-refractivity contribution >= 4 is 0 Å². The maximum atomic E-state index is 3.78. The standard InChI is InChI=1S/C26H25N/c1-2-5-20-18(4-1)10-13-23-21-6-3-7-25(24(21)15-14-22(20)23)26-16-17-8-11-19(27-26)12-9-17/h1-2,4-5,8,11,14-16,25,27H,3,6-7,9-10,12-13H2. The zero-order valence-electron chi connectivity index (χ0n) is 15.7. The lowest BCUT2D eigenvalue weighted by Crippen LogP contribution is -2.23. The van der Waals surface area contributed by atoms with Crippen LogP contribution in [-0.2, 0) is 19.3 Å². The van der Waals surface area contributed by atoms with Crippen LogP contribution in [0.1, 0.15) is 53.9 Å². The average molecular weight is 351 g/mol. The summed E-state index contributed by atoms with van der Waals surface area (Å²) in [4.78, 5) is 0. The van der Waals surface area contributed by atoms with Crippen LogP contribution in [0.4, 0.5) is 0 Å². The van der Waals surface area contributed by atoms with Crippen molar-refractivity contribution in [3.63, 3.8) is 0 Å². The third-order valence-corrected chi connectivity index (χ3v) is 6.92. The third-order valence-electron chi connectivity index (χ3n) is 6.92. The maximum absolute atomic E-state index is 3.78. The second-order valence-electron chi connectivity index (χ2n) is 8.42. The summed E-state index contributed by atoms with van der Waals surface area (Å²) in [7, 11) is 0. The second-order valence-corrected chi connectivity index (χ2v) is 8.42. The highest BCUT2D eigenvalue weighted by Gasteiger charge is 2.29. The monoisotopic (exact) mass is 351 g/mol. The first-order valence-corrected chi connectivity index (χ1v) is 10.5. The maximum Gasteiger partial charge on any atom is 0.0244 e. The van der Waals surface area contributed by atoms with Crippen LogP contribution in [-0.4, -0.2) is 0 Å². The molecule has 2 bridgehead atoms. The molecule has 0 aromatic heterocycles. The molecule has 0 amide bonds. The van der Waals surface area contributed by atoms with Crippen molar-refractivity contribution in [1.29, 1.82) is 0 Å². The van der Waals surface area contributed by atoms with Crippen LogP contribution in [0.3, 0.4) is 0 Å². The SMILES string of the molecule is C1=C2C=C(C3CCCc4c3ccc3c4CCc4ccccc4-3)NC(=C1)CC2. The average Bonchev–Trinajstić information content (AvgIpc) is 3.06. The van der Waals surface area contributed by atoms with Gasteiger partial charge in [0.05, 0.1) is 0 Å². The molecule has 0 saturated heterocycles. The van der Waals surface area contributed by atoms with E-state index in [1.165, 1.54) is 72.2 Å². The summed E-state index contributed by atoms with van der Waals surface area (Å²) in [6.45, 7) is 0. The van der Waals surface area contributed by atoms with Crippen molar-refractivity contribution in [2.24, 2.45) is 0 Å². The smallest absolute Gasteiger partial charge is 0.0244 e. The second kappa shape index (κ2) is 5.99. The molecule has 1 heteroatoms. The van der Waals surface area contributed by atoms with E-state index in [1.807, 2.05) is 0 Å². The number of hydrogen-bond donors (Lipinski definition) is 1. The Labute approximate surface area is 161 Å². The first-order chi connectivity index (χ1) is 13.4. The van der Waals surface area contributed by atoms with Crippen LogP contribution in [0.25, 0.3) is 11.1 Å². The van der Waals surface area contributed by atoms with Gasteiger partial charge in [-0.05, 0) is 96.1 Å². The number of aryl methyl sites for hydroxylation is 1. The number of nitrogens with one attached hydrogen (secondary N) is 1. The summed E-state index contributed by atoms with van der Waals surface area (Å²) in [5.74, 6) is 0.527. The molecular formula is C26H25N. The highest BCUT2D eigenvalue weighted by atomic mass is 14.9. The summed E-state index contributed by atoms with van der Waals surface area (Å²) in [5, 5.41) is 3.78. The summed E-state index contributed by atoms with van der Waals surface area (Å²) in [5.41, 5.74) is 13.6. The zero-order valence-corrected chi connectivity index (χ0v) is 15.7. The molecule has 0 saturated carbocycles. The molecule has 1 N–H and O–H groups in total. The Morgan fingerprint density at radius 2 is 1.74 bits per heavy atom. The van der Waals surface area contributed by atoms with E-state index >= 15 is 0 Å². The third kappa shape index (κ3) is 2.45.